The highest BCUT2D eigenvalue weighted by molar-refractivity contribution is 6.32. The first-order valence-electron chi connectivity index (χ1n) is 7.52. The molecule has 0 aliphatic rings. The van der Waals surface area contributed by atoms with E-state index >= 15 is 0 Å². The van der Waals surface area contributed by atoms with Crippen molar-refractivity contribution in [3.05, 3.63) is 57.1 Å². The van der Waals surface area contributed by atoms with E-state index in [9.17, 15) is 15.2 Å². The zero-order valence-corrected chi connectivity index (χ0v) is 14.2. The maximum absolute atomic E-state index is 10.9. The van der Waals surface area contributed by atoms with Crippen LogP contribution in [-0.4, -0.2) is 29.3 Å². The predicted molar refractivity (Wildman–Crippen MR) is 97.0 cm³/mol. The number of benzene rings is 2. The van der Waals surface area contributed by atoms with Crippen LogP contribution in [0.2, 0.25) is 5.02 Å². The summed E-state index contributed by atoms with van der Waals surface area (Å²) >= 11 is 5.77. The molecule has 2 rings (SSSR count). The van der Waals surface area contributed by atoms with Gasteiger partial charge < -0.3 is 10.0 Å². The quantitative estimate of drug-likeness (QED) is 0.472. The number of nitrogens with zero attached hydrogens (tertiary/aromatic N) is 3. The zero-order chi connectivity index (χ0) is 17.7. The molecule has 1 N–H and O–H groups in total. The van der Waals surface area contributed by atoms with E-state index in [-0.39, 0.29) is 16.5 Å². The molecule has 0 spiro atoms. The third kappa shape index (κ3) is 4.02. The van der Waals surface area contributed by atoms with Gasteiger partial charge in [0.1, 0.15) is 10.8 Å². The highest BCUT2D eigenvalue weighted by Crippen LogP contribution is 2.29. The lowest BCUT2D eigenvalue weighted by Gasteiger charge is -2.21. The lowest BCUT2D eigenvalue weighted by molar-refractivity contribution is -0.384. The minimum atomic E-state index is -0.558. The van der Waals surface area contributed by atoms with Gasteiger partial charge in [-0.15, -0.1) is 0 Å². The molecule has 0 fully saturated rings. The summed E-state index contributed by atoms with van der Waals surface area (Å²) in [7, 11) is 0. The number of phenolic OH excluding ortho intramolecular Hbond substituents is 1. The molecule has 2 aromatic rings. The lowest BCUT2D eigenvalue weighted by atomic mass is 10.2. The number of rotatable bonds is 6. The van der Waals surface area contributed by atoms with Gasteiger partial charge in [-0.1, -0.05) is 11.6 Å². The first-order valence-corrected chi connectivity index (χ1v) is 7.90. The minimum absolute atomic E-state index is 0.0605. The molecule has 24 heavy (non-hydrogen) atoms. The summed E-state index contributed by atoms with van der Waals surface area (Å²) in [5, 5.41) is 21.1. The highest BCUT2D eigenvalue weighted by Gasteiger charge is 2.12. The largest absolute Gasteiger partial charge is 0.507 e. The molecule has 0 aliphatic carbocycles. The van der Waals surface area contributed by atoms with Gasteiger partial charge in [0.05, 0.1) is 10.6 Å². The molecular weight excluding hydrogens is 330 g/mol. The fraction of sp³-hybridized carbons (Fsp3) is 0.235. The Morgan fingerprint density at radius 1 is 1.25 bits per heavy atom. The van der Waals surface area contributed by atoms with Gasteiger partial charge in [0, 0.05) is 42.7 Å². The van der Waals surface area contributed by atoms with Crippen LogP contribution in [0, 0.1) is 10.1 Å². The number of halogens is 1. The molecular formula is C17H18ClN3O3. The van der Waals surface area contributed by atoms with Gasteiger partial charge in [-0.2, -0.15) is 0 Å². The Morgan fingerprint density at radius 2 is 1.96 bits per heavy atom. The summed E-state index contributed by atoms with van der Waals surface area (Å²) in [6.45, 7) is 5.78. The number of phenols is 1. The Balaban J connectivity index is 2.26. The van der Waals surface area contributed by atoms with Gasteiger partial charge in [0.25, 0.3) is 5.69 Å². The van der Waals surface area contributed by atoms with Crippen molar-refractivity contribution in [3.8, 4) is 5.75 Å². The van der Waals surface area contributed by atoms with Crippen molar-refractivity contribution in [2.45, 2.75) is 13.8 Å². The van der Waals surface area contributed by atoms with Crippen LogP contribution in [0.25, 0.3) is 0 Å². The topological polar surface area (TPSA) is 79.0 Å². The number of nitro benzene ring substituents is 1. The Bertz CT molecular complexity index is 774. The van der Waals surface area contributed by atoms with E-state index in [1.54, 1.807) is 18.2 Å². The molecule has 0 saturated heterocycles. The van der Waals surface area contributed by atoms with Crippen LogP contribution in [0.15, 0.2) is 41.4 Å². The Labute approximate surface area is 145 Å². The van der Waals surface area contributed by atoms with Gasteiger partial charge in [0.15, 0.2) is 0 Å². The average Bonchev–Trinajstić information content (AvgIpc) is 2.56. The molecule has 0 aromatic heterocycles. The SMILES string of the molecule is CCN(CC)c1ccc(C=Nc2ccc(Cl)c([N+](=O)[O-])c2)c(O)c1. The molecule has 0 unspecified atom stereocenters. The Kier molecular flexibility index (Phi) is 5.76. The summed E-state index contributed by atoms with van der Waals surface area (Å²) in [5.41, 5.74) is 1.64. The van der Waals surface area contributed by atoms with Crippen LogP contribution in [0.4, 0.5) is 17.1 Å². The van der Waals surface area contributed by atoms with Gasteiger partial charge in [-0.05, 0) is 38.1 Å². The van der Waals surface area contributed by atoms with Crippen LogP contribution in [-0.2, 0) is 0 Å². The van der Waals surface area contributed by atoms with Crippen molar-refractivity contribution in [3.63, 3.8) is 0 Å². The Hall–Kier alpha value is -2.60. The molecule has 2 aromatic carbocycles. The van der Waals surface area contributed by atoms with Crippen molar-refractivity contribution in [2.75, 3.05) is 18.0 Å². The van der Waals surface area contributed by atoms with E-state index in [4.69, 9.17) is 11.6 Å². The second-order valence-electron chi connectivity index (χ2n) is 5.07. The Morgan fingerprint density at radius 3 is 2.54 bits per heavy atom. The molecule has 0 bridgehead atoms. The van der Waals surface area contributed by atoms with Crippen LogP contribution in [0.5, 0.6) is 5.75 Å². The average molecular weight is 348 g/mol. The van der Waals surface area contributed by atoms with Crippen LogP contribution in [0.1, 0.15) is 19.4 Å². The third-order valence-electron chi connectivity index (χ3n) is 3.62. The summed E-state index contributed by atoms with van der Waals surface area (Å²) in [6, 6.07) is 9.64. The number of nitro groups is 1. The normalized spacial score (nSPS) is 11.0. The van der Waals surface area contributed by atoms with E-state index in [0.29, 0.717) is 11.3 Å². The van der Waals surface area contributed by atoms with Gasteiger partial charge in [0.2, 0.25) is 0 Å². The summed E-state index contributed by atoms with van der Waals surface area (Å²) in [5.74, 6) is 0.103. The molecule has 0 heterocycles. The van der Waals surface area contributed by atoms with Crippen LogP contribution in [0.3, 0.4) is 0 Å². The van der Waals surface area contributed by atoms with Crippen molar-refractivity contribution in [1.82, 2.24) is 0 Å². The molecule has 6 nitrogen and oxygen atoms in total. The number of anilines is 1. The van der Waals surface area contributed by atoms with Gasteiger partial charge in [-0.3, -0.25) is 15.1 Å². The lowest BCUT2D eigenvalue weighted by Crippen LogP contribution is -2.21. The predicted octanol–water partition coefficient (Wildman–Crippen LogP) is 4.55. The minimum Gasteiger partial charge on any atom is -0.507 e. The first kappa shape index (κ1) is 17.7. The second-order valence-corrected chi connectivity index (χ2v) is 5.47. The molecule has 126 valence electrons. The summed E-state index contributed by atoms with van der Waals surface area (Å²) in [6.07, 6.45) is 1.47. The van der Waals surface area contributed by atoms with Gasteiger partial charge >= 0.3 is 0 Å². The first-order chi connectivity index (χ1) is 11.5. The number of aliphatic imine (C=N–C) groups is 1. The molecule has 0 saturated carbocycles. The highest BCUT2D eigenvalue weighted by atomic mass is 35.5. The summed E-state index contributed by atoms with van der Waals surface area (Å²) < 4.78 is 0. The van der Waals surface area contributed by atoms with E-state index in [1.807, 2.05) is 19.9 Å². The van der Waals surface area contributed by atoms with E-state index in [2.05, 4.69) is 9.89 Å². The molecule has 0 atom stereocenters. The maximum Gasteiger partial charge on any atom is 0.290 e. The number of hydrogen-bond donors (Lipinski definition) is 1. The molecule has 0 radical (unpaired) electrons. The standard InChI is InChI=1S/C17H18ClN3O3/c1-3-20(4-2)14-7-5-12(17(22)10-14)11-19-13-6-8-15(18)16(9-13)21(23)24/h5-11,22H,3-4H2,1-2H3. The zero-order valence-electron chi connectivity index (χ0n) is 13.4. The monoisotopic (exact) mass is 347 g/mol. The molecule has 0 aliphatic heterocycles. The number of aromatic hydroxyl groups is 1. The van der Waals surface area contributed by atoms with Crippen molar-refractivity contribution in [2.24, 2.45) is 4.99 Å². The van der Waals surface area contributed by atoms with E-state index < -0.39 is 4.92 Å². The second kappa shape index (κ2) is 7.79. The fourth-order valence-corrected chi connectivity index (χ4v) is 2.48. The summed E-state index contributed by atoms with van der Waals surface area (Å²) in [4.78, 5) is 16.6. The van der Waals surface area contributed by atoms with Crippen LogP contribution >= 0.6 is 11.6 Å². The van der Waals surface area contributed by atoms with Crippen molar-refractivity contribution in [1.29, 1.82) is 0 Å². The van der Waals surface area contributed by atoms with E-state index in [0.717, 1.165) is 18.8 Å². The van der Waals surface area contributed by atoms with Crippen LogP contribution < -0.4 is 4.90 Å². The number of hydrogen-bond acceptors (Lipinski definition) is 5. The molecule has 0 amide bonds. The smallest absolute Gasteiger partial charge is 0.290 e. The van der Waals surface area contributed by atoms with Gasteiger partial charge in [-0.25, -0.2) is 0 Å². The van der Waals surface area contributed by atoms with Crippen molar-refractivity contribution >= 4 is 34.9 Å². The van der Waals surface area contributed by atoms with E-state index in [1.165, 1.54) is 18.3 Å². The fourth-order valence-electron chi connectivity index (χ4n) is 2.29. The maximum atomic E-state index is 10.9. The molecule has 7 heteroatoms. The third-order valence-corrected chi connectivity index (χ3v) is 3.94. The van der Waals surface area contributed by atoms with Crippen molar-refractivity contribution < 1.29 is 10.0 Å².